The number of sulfonamides is 1. The number of nitrogens with two attached hydrogens (primary N) is 1. The summed E-state index contributed by atoms with van der Waals surface area (Å²) in [5.41, 5.74) is 7.37. The van der Waals surface area contributed by atoms with Crippen molar-refractivity contribution >= 4 is 44.3 Å². The first kappa shape index (κ1) is 27.6. The minimum atomic E-state index is -4.06. The minimum absolute atomic E-state index is 0.0231. The van der Waals surface area contributed by atoms with Gasteiger partial charge in [0.1, 0.15) is 11.5 Å². The largest absolute Gasteiger partial charge is 0.497 e. The maximum absolute atomic E-state index is 13.5. The second-order valence-corrected chi connectivity index (χ2v) is 11.6. The summed E-state index contributed by atoms with van der Waals surface area (Å²) in [5, 5.41) is 3.14. The van der Waals surface area contributed by atoms with Crippen LogP contribution in [0.3, 0.4) is 0 Å². The predicted molar refractivity (Wildman–Crippen MR) is 151 cm³/mol. The molecule has 0 spiro atoms. The van der Waals surface area contributed by atoms with Crippen LogP contribution >= 0.6 is 0 Å². The second kappa shape index (κ2) is 11.2. The third kappa shape index (κ3) is 6.94. The van der Waals surface area contributed by atoms with Crippen LogP contribution in [-0.2, 0) is 21.2 Å². The highest BCUT2D eigenvalue weighted by molar-refractivity contribution is 7.92. The topological polar surface area (TPSA) is 146 Å². The number of fused-ring (bicyclic) bond motifs is 1. The van der Waals surface area contributed by atoms with Crippen LogP contribution in [0.5, 0.6) is 11.5 Å². The molecule has 0 fully saturated rings. The summed E-state index contributed by atoms with van der Waals surface area (Å²) in [6.45, 7) is 3.82. The minimum Gasteiger partial charge on any atom is -0.497 e. The molecule has 0 unspecified atom stereocenters. The number of ether oxygens (including phenoxy) is 2. The number of primary amides is 1. The Morgan fingerprint density at radius 2 is 1.51 bits per heavy atom. The van der Waals surface area contributed by atoms with Gasteiger partial charge in [0.2, 0.25) is 5.91 Å². The maximum atomic E-state index is 13.5. The van der Waals surface area contributed by atoms with Gasteiger partial charge in [-0.25, -0.2) is 18.4 Å². The van der Waals surface area contributed by atoms with Crippen molar-refractivity contribution in [2.24, 2.45) is 11.1 Å². The van der Waals surface area contributed by atoms with E-state index in [4.69, 9.17) is 15.2 Å². The van der Waals surface area contributed by atoms with Gasteiger partial charge in [0, 0.05) is 30.3 Å². The van der Waals surface area contributed by atoms with Crippen LogP contribution in [0.1, 0.15) is 25.8 Å². The Balaban J connectivity index is 1.70. The van der Waals surface area contributed by atoms with E-state index in [1.165, 1.54) is 20.3 Å². The molecule has 0 saturated heterocycles. The van der Waals surface area contributed by atoms with E-state index in [-0.39, 0.29) is 23.0 Å². The van der Waals surface area contributed by atoms with Crippen molar-refractivity contribution in [3.8, 4) is 11.5 Å². The number of carbonyl (C=O) groups excluding carboxylic acids is 1. The first-order valence-corrected chi connectivity index (χ1v) is 13.6. The van der Waals surface area contributed by atoms with Crippen molar-refractivity contribution in [2.75, 3.05) is 24.3 Å². The molecule has 0 aliphatic heterocycles. The molecule has 4 aromatic rings. The second-order valence-electron chi connectivity index (χ2n) is 9.87. The fraction of sp³-hybridized carbons (Fsp3) is 0.250. The molecule has 1 aromatic heterocycles. The number of hydrogen-bond acceptors (Lipinski definition) is 8. The van der Waals surface area contributed by atoms with Gasteiger partial charge in [-0.3, -0.25) is 9.52 Å². The van der Waals surface area contributed by atoms with Crippen LogP contribution < -0.4 is 25.2 Å². The van der Waals surface area contributed by atoms with E-state index in [2.05, 4.69) is 20.0 Å². The van der Waals surface area contributed by atoms with Crippen LogP contribution in [0.15, 0.2) is 71.6 Å². The molecule has 39 heavy (non-hydrogen) atoms. The number of carbonyl (C=O) groups is 1. The summed E-state index contributed by atoms with van der Waals surface area (Å²) < 4.78 is 40.3. The van der Waals surface area contributed by atoms with Gasteiger partial charge in [-0.05, 0) is 41.7 Å². The lowest BCUT2D eigenvalue weighted by molar-refractivity contribution is -0.119. The van der Waals surface area contributed by atoms with Gasteiger partial charge in [0.25, 0.3) is 10.0 Å². The van der Waals surface area contributed by atoms with E-state index in [0.29, 0.717) is 34.6 Å². The Morgan fingerprint density at radius 3 is 2.10 bits per heavy atom. The van der Waals surface area contributed by atoms with Gasteiger partial charge >= 0.3 is 0 Å². The Morgan fingerprint density at radius 1 is 0.897 bits per heavy atom. The number of rotatable bonds is 11. The Kier molecular flexibility index (Phi) is 7.91. The molecule has 0 saturated carbocycles. The van der Waals surface area contributed by atoms with E-state index < -0.39 is 21.3 Å². The number of para-hydroxylation sites is 2. The summed E-state index contributed by atoms with van der Waals surface area (Å²) in [6.07, 6.45) is 0.651. The molecule has 11 heteroatoms. The summed E-state index contributed by atoms with van der Waals surface area (Å²) in [5.74, 6) is 0.905. The van der Waals surface area contributed by atoms with Crippen molar-refractivity contribution in [3.05, 3.63) is 72.3 Å². The Bertz CT molecular complexity index is 1600. The summed E-state index contributed by atoms with van der Waals surface area (Å²) in [6, 6.07) is 18.9. The molecule has 1 amide bonds. The zero-order chi connectivity index (χ0) is 28.2. The number of nitrogens with one attached hydrogen (secondary N) is 2. The van der Waals surface area contributed by atoms with Gasteiger partial charge in [-0.2, -0.15) is 0 Å². The highest BCUT2D eigenvalue weighted by Crippen LogP contribution is 2.32. The molecule has 0 atom stereocenters. The molecule has 3 aromatic carbocycles. The van der Waals surface area contributed by atoms with E-state index in [1.54, 1.807) is 48.5 Å². The van der Waals surface area contributed by atoms with Crippen molar-refractivity contribution < 1.29 is 22.7 Å². The van der Waals surface area contributed by atoms with Crippen LogP contribution in [0.25, 0.3) is 11.0 Å². The zero-order valence-electron chi connectivity index (χ0n) is 22.2. The van der Waals surface area contributed by atoms with Crippen molar-refractivity contribution in [1.82, 2.24) is 9.97 Å². The van der Waals surface area contributed by atoms with E-state index >= 15 is 0 Å². The first-order valence-electron chi connectivity index (χ1n) is 12.1. The molecule has 1 heterocycles. The Hall–Kier alpha value is -4.38. The quantitative estimate of drug-likeness (QED) is 0.245. The van der Waals surface area contributed by atoms with E-state index in [0.717, 1.165) is 5.56 Å². The van der Waals surface area contributed by atoms with Crippen LogP contribution in [0, 0.1) is 5.41 Å². The summed E-state index contributed by atoms with van der Waals surface area (Å²) in [4.78, 5) is 20.7. The molecule has 0 radical (unpaired) electrons. The summed E-state index contributed by atoms with van der Waals surface area (Å²) in [7, 11) is -0.980. The number of aromatic nitrogens is 2. The lowest BCUT2D eigenvalue weighted by Gasteiger charge is -2.23. The fourth-order valence-corrected chi connectivity index (χ4v) is 5.35. The lowest BCUT2D eigenvalue weighted by atomic mass is 9.82. The van der Waals surface area contributed by atoms with Gasteiger partial charge < -0.3 is 20.5 Å². The number of methoxy groups -OCH3 is 2. The third-order valence-corrected chi connectivity index (χ3v) is 7.30. The number of hydrogen-bond donors (Lipinski definition) is 3. The third-order valence-electron chi connectivity index (χ3n) is 5.96. The number of amides is 1. The molecular weight excluding hydrogens is 518 g/mol. The van der Waals surface area contributed by atoms with Crippen LogP contribution in [0.2, 0.25) is 0 Å². The van der Waals surface area contributed by atoms with E-state index in [9.17, 15) is 13.2 Å². The SMILES string of the molecule is COc1cc(Nc2nc3ccccc3nc2NS(=O)(=O)c2cccc(CC(C)(C)CC(N)=O)c2)cc(OC)c1. The number of nitrogens with zero attached hydrogens (tertiary/aromatic N) is 2. The normalized spacial score (nSPS) is 11.7. The van der Waals surface area contributed by atoms with Gasteiger partial charge in [0.05, 0.1) is 30.1 Å². The molecule has 0 bridgehead atoms. The highest BCUT2D eigenvalue weighted by Gasteiger charge is 2.24. The molecule has 0 aliphatic rings. The molecule has 4 N–H and O–H groups in total. The monoisotopic (exact) mass is 549 g/mol. The molecular formula is C28H31N5O5S. The van der Waals surface area contributed by atoms with Crippen molar-refractivity contribution in [1.29, 1.82) is 0 Å². The number of benzene rings is 3. The lowest BCUT2D eigenvalue weighted by Crippen LogP contribution is -2.24. The van der Waals surface area contributed by atoms with E-state index in [1.807, 2.05) is 26.0 Å². The van der Waals surface area contributed by atoms with Crippen molar-refractivity contribution in [2.45, 2.75) is 31.6 Å². The van der Waals surface area contributed by atoms with Crippen LogP contribution in [0.4, 0.5) is 17.3 Å². The van der Waals surface area contributed by atoms with Gasteiger partial charge in [0.15, 0.2) is 11.6 Å². The van der Waals surface area contributed by atoms with Crippen LogP contribution in [-0.4, -0.2) is 38.5 Å². The molecule has 4 rings (SSSR count). The first-order chi connectivity index (χ1) is 18.5. The molecule has 204 valence electrons. The summed E-state index contributed by atoms with van der Waals surface area (Å²) >= 11 is 0. The average molecular weight is 550 g/mol. The number of anilines is 3. The predicted octanol–water partition coefficient (Wildman–Crippen LogP) is 4.64. The van der Waals surface area contributed by atoms with Gasteiger partial charge in [-0.15, -0.1) is 0 Å². The molecule has 0 aliphatic carbocycles. The standard InChI is InChI=1S/C28H31N5O5S/c1-28(2,17-25(29)34)16-18-8-7-9-22(12-18)39(35,36)33-27-26(31-23-10-5-6-11-24(23)32-27)30-19-13-20(37-3)15-21(14-19)38-4/h5-15H,16-17H2,1-4H3,(H2,29,34)(H,30,31)(H,32,33). The highest BCUT2D eigenvalue weighted by atomic mass is 32.2. The Labute approximate surface area is 227 Å². The smallest absolute Gasteiger partial charge is 0.263 e. The average Bonchev–Trinajstić information content (AvgIpc) is 2.87. The maximum Gasteiger partial charge on any atom is 0.263 e. The van der Waals surface area contributed by atoms with Crippen molar-refractivity contribution in [3.63, 3.8) is 0 Å². The fourth-order valence-electron chi connectivity index (χ4n) is 4.27. The van der Waals surface area contributed by atoms with Gasteiger partial charge in [-0.1, -0.05) is 38.1 Å². The molecule has 10 nitrogen and oxygen atoms in total. The zero-order valence-corrected chi connectivity index (χ0v) is 23.0.